The van der Waals surface area contributed by atoms with Crippen molar-refractivity contribution in [3.8, 4) is 0 Å². The number of nitrogens with zero attached hydrogens (tertiary/aromatic N) is 2. The summed E-state index contributed by atoms with van der Waals surface area (Å²) in [6.07, 6.45) is -3.66. The van der Waals surface area contributed by atoms with E-state index in [2.05, 4.69) is 4.98 Å². The van der Waals surface area contributed by atoms with Crippen LogP contribution in [0.2, 0.25) is 0 Å². The third kappa shape index (κ3) is 2.82. The molecule has 2 rings (SSSR count). The molecular weight excluding hydrogens is 289 g/mol. The molecule has 0 radical (unpaired) electrons. The first-order chi connectivity index (χ1) is 9.21. The van der Waals surface area contributed by atoms with E-state index in [9.17, 15) is 18.0 Å². The molecule has 1 aromatic rings. The van der Waals surface area contributed by atoms with Crippen LogP contribution in [0.3, 0.4) is 0 Å². The van der Waals surface area contributed by atoms with Crippen molar-refractivity contribution in [2.24, 2.45) is 5.92 Å². The van der Waals surface area contributed by atoms with Crippen molar-refractivity contribution >= 4 is 22.3 Å². The molecule has 0 aliphatic carbocycles. The summed E-state index contributed by atoms with van der Waals surface area (Å²) < 4.78 is 38.9. The van der Waals surface area contributed by atoms with Crippen molar-refractivity contribution in [2.75, 3.05) is 11.4 Å². The number of ketones is 1. The third-order valence-corrected chi connectivity index (χ3v) is 4.43. The molecule has 1 aromatic heterocycles. The highest BCUT2D eigenvalue weighted by Gasteiger charge is 2.47. The van der Waals surface area contributed by atoms with E-state index in [0.717, 1.165) is 0 Å². The van der Waals surface area contributed by atoms with E-state index in [0.29, 0.717) is 28.7 Å². The van der Waals surface area contributed by atoms with Crippen LogP contribution in [0.5, 0.6) is 0 Å². The molecule has 0 saturated carbocycles. The third-order valence-electron chi connectivity index (χ3n) is 3.42. The molecule has 0 unspecified atom stereocenters. The zero-order valence-corrected chi connectivity index (χ0v) is 12.4. The molecule has 1 fully saturated rings. The van der Waals surface area contributed by atoms with Gasteiger partial charge in [-0.1, -0.05) is 13.8 Å². The van der Waals surface area contributed by atoms with E-state index in [-0.39, 0.29) is 18.1 Å². The number of carbonyl (C=O) groups is 1. The normalized spacial score (nSPS) is 19.9. The van der Waals surface area contributed by atoms with Gasteiger partial charge in [0.1, 0.15) is 11.7 Å². The van der Waals surface area contributed by atoms with Crippen LogP contribution < -0.4 is 4.90 Å². The van der Waals surface area contributed by atoms with Crippen LogP contribution in [0, 0.1) is 12.8 Å². The summed E-state index contributed by atoms with van der Waals surface area (Å²) in [7, 11) is 0. The van der Waals surface area contributed by atoms with E-state index < -0.39 is 12.2 Å². The lowest BCUT2D eigenvalue weighted by atomic mass is 10.1. The summed E-state index contributed by atoms with van der Waals surface area (Å²) in [5.41, 5.74) is 0.313. The fraction of sp³-hybridized carbons (Fsp3) is 0.692. The smallest absolute Gasteiger partial charge is 0.336 e. The molecular formula is C13H17F3N2OS. The fourth-order valence-corrected chi connectivity index (χ4v) is 3.33. The molecule has 1 atom stereocenters. The van der Waals surface area contributed by atoms with E-state index >= 15 is 0 Å². The molecule has 1 saturated heterocycles. The average molecular weight is 306 g/mol. The Balaban J connectivity index is 2.30. The van der Waals surface area contributed by atoms with Crippen molar-refractivity contribution < 1.29 is 18.0 Å². The van der Waals surface area contributed by atoms with Gasteiger partial charge in [-0.15, -0.1) is 11.3 Å². The first-order valence-corrected chi connectivity index (χ1v) is 7.38. The maximum absolute atomic E-state index is 13.0. The minimum absolute atomic E-state index is 0.0928. The summed E-state index contributed by atoms with van der Waals surface area (Å²) in [6, 6.07) is -1.48. The molecule has 20 heavy (non-hydrogen) atoms. The molecule has 0 amide bonds. The van der Waals surface area contributed by atoms with E-state index in [1.807, 2.05) is 0 Å². The number of anilines is 1. The summed E-state index contributed by atoms with van der Waals surface area (Å²) in [5, 5.41) is 0.311. The summed E-state index contributed by atoms with van der Waals surface area (Å²) in [6.45, 7) is 5.59. The minimum Gasteiger partial charge on any atom is -0.336 e. The lowest BCUT2D eigenvalue weighted by Crippen LogP contribution is -2.41. The number of hydrogen-bond donors (Lipinski definition) is 0. The van der Waals surface area contributed by atoms with Gasteiger partial charge in [-0.2, -0.15) is 13.2 Å². The first-order valence-electron chi connectivity index (χ1n) is 6.56. The molecule has 112 valence electrons. The van der Waals surface area contributed by atoms with Gasteiger partial charge in [-0.05, 0) is 19.8 Å². The number of aryl methyl sites for hydroxylation is 1. The monoisotopic (exact) mass is 306 g/mol. The quantitative estimate of drug-likeness (QED) is 0.796. The van der Waals surface area contributed by atoms with Gasteiger partial charge in [0.15, 0.2) is 10.9 Å². The van der Waals surface area contributed by atoms with Crippen molar-refractivity contribution in [1.82, 2.24) is 4.98 Å². The van der Waals surface area contributed by atoms with Crippen molar-refractivity contribution in [3.05, 3.63) is 10.6 Å². The standard InChI is InChI=1S/C13H17F3N2OS/c1-7(2)11(19)10-8(3)20-12(17-10)18-6-4-5-9(18)13(14,15)16/h7,9H,4-6H2,1-3H3/t9-/m0/s1. The SMILES string of the molecule is Cc1sc(N2CCC[C@H]2C(F)(F)F)nc1C(=O)C(C)C. The Hall–Kier alpha value is -1.11. The Labute approximate surface area is 119 Å². The number of carbonyl (C=O) groups excluding carboxylic acids is 1. The van der Waals surface area contributed by atoms with Crippen LogP contribution in [-0.4, -0.2) is 29.5 Å². The highest BCUT2D eigenvalue weighted by Crippen LogP contribution is 2.38. The fourth-order valence-electron chi connectivity index (χ4n) is 2.34. The Bertz CT molecular complexity index is 510. The number of alkyl halides is 3. The second-order valence-corrected chi connectivity index (χ2v) is 6.49. The van der Waals surface area contributed by atoms with Crippen LogP contribution in [0.1, 0.15) is 42.1 Å². The number of thiazole rings is 1. The molecule has 1 aliphatic heterocycles. The zero-order valence-electron chi connectivity index (χ0n) is 11.6. The van der Waals surface area contributed by atoms with Gasteiger partial charge < -0.3 is 4.90 Å². The van der Waals surface area contributed by atoms with Crippen molar-refractivity contribution in [2.45, 2.75) is 45.8 Å². The van der Waals surface area contributed by atoms with Gasteiger partial charge in [-0.3, -0.25) is 4.79 Å². The number of rotatable bonds is 3. The van der Waals surface area contributed by atoms with E-state index in [1.165, 1.54) is 16.2 Å². The predicted octanol–water partition coefficient (Wildman–Crippen LogP) is 3.82. The van der Waals surface area contributed by atoms with Crippen LogP contribution in [0.25, 0.3) is 0 Å². The Kier molecular flexibility index (Phi) is 4.09. The molecule has 3 nitrogen and oxygen atoms in total. The van der Waals surface area contributed by atoms with Crippen LogP contribution in [0.4, 0.5) is 18.3 Å². The molecule has 0 spiro atoms. The van der Waals surface area contributed by atoms with Crippen molar-refractivity contribution in [3.63, 3.8) is 0 Å². The second-order valence-electron chi connectivity index (χ2n) is 5.31. The maximum atomic E-state index is 13.0. The zero-order chi connectivity index (χ0) is 15.1. The highest BCUT2D eigenvalue weighted by atomic mass is 32.1. The molecule has 0 aromatic carbocycles. The van der Waals surface area contributed by atoms with E-state index in [1.54, 1.807) is 20.8 Å². The van der Waals surface area contributed by atoms with Gasteiger partial charge in [0, 0.05) is 17.3 Å². The average Bonchev–Trinajstić information content (AvgIpc) is 2.92. The largest absolute Gasteiger partial charge is 0.408 e. The molecule has 2 heterocycles. The Morgan fingerprint density at radius 2 is 2.10 bits per heavy atom. The summed E-state index contributed by atoms with van der Waals surface area (Å²) >= 11 is 1.17. The number of aromatic nitrogens is 1. The Morgan fingerprint density at radius 3 is 2.65 bits per heavy atom. The number of Topliss-reactive ketones (excluding diaryl/α,β-unsaturated/α-hetero) is 1. The van der Waals surface area contributed by atoms with Gasteiger partial charge in [0.2, 0.25) is 0 Å². The summed E-state index contributed by atoms with van der Waals surface area (Å²) in [5.74, 6) is -0.326. The highest BCUT2D eigenvalue weighted by molar-refractivity contribution is 7.15. The first kappa shape index (κ1) is 15.3. The van der Waals surface area contributed by atoms with Gasteiger partial charge >= 0.3 is 6.18 Å². The predicted molar refractivity (Wildman–Crippen MR) is 72.4 cm³/mol. The molecule has 7 heteroatoms. The molecule has 1 aliphatic rings. The van der Waals surface area contributed by atoms with Gasteiger partial charge in [0.25, 0.3) is 0 Å². The van der Waals surface area contributed by atoms with Crippen molar-refractivity contribution in [1.29, 1.82) is 0 Å². The topological polar surface area (TPSA) is 33.2 Å². The lowest BCUT2D eigenvalue weighted by Gasteiger charge is -2.25. The van der Waals surface area contributed by atoms with E-state index in [4.69, 9.17) is 0 Å². The second kappa shape index (κ2) is 5.35. The van der Waals surface area contributed by atoms with Crippen LogP contribution in [0.15, 0.2) is 0 Å². The van der Waals surface area contributed by atoms with Gasteiger partial charge in [-0.25, -0.2) is 4.98 Å². The van der Waals surface area contributed by atoms with Crippen LogP contribution >= 0.6 is 11.3 Å². The summed E-state index contributed by atoms with van der Waals surface area (Å²) in [4.78, 5) is 18.1. The lowest BCUT2D eigenvalue weighted by molar-refractivity contribution is -0.145. The van der Waals surface area contributed by atoms with Gasteiger partial charge in [0.05, 0.1) is 0 Å². The minimum atomic E-state index is -4.25. The number of hydrogen-bond acceptors (Lipinski definition) is 4. The van der Waals surface area contributed by atoms with Crippen LogP contribution in [-0.2, 0) is 0 Å². The maximum Gasteiger partial charge on any atom is 0.408 e. The number of halogens is 3. The molecule has 0 N–H and O–H groups in total. The Morgan fingerprint density at radius 1 is 1.45 bits per heavy atom. The molecule has 0 bridgehead atoms.